The Morgan fingerprint density at radius 3 is 2.69 bits per heavy atom. The number of aromatic nitrogens is 2. The molecular formula is C20H19F3N4O2. The Morgan fingerprint density at radius 2 is 2.00 bits per heavy atom. The van der Waals surface area contributed by atoms with Crippen LogP contribution in [0, 0.1) is 11.2 Å². The average molecular weight is 404 g/mol. The number of pyridine rings is 2. The van der Waals surface area contributed by atoms with E-state index in [0.717, 1.165) is 6.20 Å². The smallest absolute Gasteiger partial charge is 0.270 e. The van der Waals surface area contributed by atoms with Gasteiger partial charge in [-0.1, -0.05) is 6.07 Å². The molecule has 3 heterocycles. The van der Waals surface area contributed by atoms with Gasteiger partial charge in [-0.2, -0.15) is 0 Å². The molecule has 2 fully saturated rings. The van der Waals surface area contributed by atoms with Crippen molar-refractivity contribution in [2.45, 2.75) is 37.6 Å². The molecule has 2 aromatic heterocycles. The molecule has 29 heavy (non-hydrogen) atoms. The fourth-order valence-corrected chi connectivity index (χ4v) is 4.32. The van der Waals surface area contributed by atoms with Crippen molar-refractivity contribution in [2.24, 2.45) is 5.41 Å². The maximum Gasteiger partial charge on any atom is 0.270 e. The average Bonchev–Trinajstić information content (AvgIpc) is 2.97. The largest absolute Gasteiger partial charge is 0.348 e. The maximum atomic E-state index is 14.6. The number of hydrogen-bond donors (Lipinski definition) is 1. The molecule has 2 aromatic rings. The van der Waals surface area contributed by atoms with Crippen LogP contribution in [-0.2, 0) is 4.79 Å². The zero-order valence-electron chi connectivity index (χ0n) is 15.4. The highest BCUT2D eigenvalue weighted by Gasteiger charge is 2.57. The Kier molecular flexibility index (Phi) is 4.76. The number of amides is 2. The molecule has 1 N–H and O–H groups in total. The Bertz CT molecular complexity index is 923. The highest BCUT2D eigenvalue weighted by molar-refractivity contribution is 5.99. The second-order valence-corrected chi connectivity index (χ2v) is 7.65. The summed E-state index contributed by atoms with van der Waals surface area (Å²) in [4.78, 5) is 34.6. The lowest BCUT2D eigenvalue weighted by Crippen LogP contribution is -2.52. The first kappa shape index (κ1) is 19.4. The van der Waals surface area contributed by atoms with Crippen molar-refractivity contribution in [3.8, 4) is 0 Å². The predicted molar refractivity (Wildman–Crippen MR) is 97.9 cm³/mol. The molecular weight excluding hydrogens is 385 g/mol. The summed E-state index contributed by atoms with van der Waals surface area (Å²) in [6.45, 7) is 0.217. The van der Waals surface area contributed by atoms with Gasteiger partial charge in [0.15, 0.2) is 0 Å². The van der Waals surface area contributed by atoms with Crippen molar-refractivity contribution in [1.29, 1.82) is 0 Å². The number of rotatable bonds is 3. The molecule has 1 aliphatic heterocycles. The van der Waals surface area contributed by atoms with Gasteiger partial charge in [-0.25, -0.2) is 18.2 Å². The third-order valence-electron chi connectivity index (χ3n) is 5.51. The summed E-state index contributed by atoms with van der Waals surface area (Å²) < 4.78 is 42.2. The molecule has 1 aliphatic carbocycles. The van der Waals surface area contributed by atoms with Crippen molar-refractivity contribution in [3.63, 3.8) is 0 Å². The Labute approximate surface area is 165 Å². The van der Waals surface area contributed by atoms with E-state index in [0.29, 0.717) is 0 Å². The summed E-state index contributed by atoms with van der Waals surface area (Å²) in [5, 5.41) is 2.61. The summed E-state index contributed by atoms with van der Waals surface area (Å²) in [5.74, 6) is -4.42. The summed E-state index contributed by atoms with van der Waals surface area (Å²) in [7, 11) is 0. The van der Waals surface area contributed by atoms with Gasteiger partial charge in [0.1, 0.15) is 17.3 Å². The SMILES string of the molecule is O=C(N[C@H]1CC(F)(F)C[C@]2(CCN(c3ccc(F)cn3)C2=O)C1)c1ccccn1. The molecule has 1 spiro atoms. The summed E-state index contributed by atoms with van der Waals surface area (Å²) >= 11 is 0. The maximum absolute atomic E-state index is 14.6. The van der Waals surface area contributed by atoms with Gasteiger partial charge in [-0.05, 0) is 37.1 Å². The van der Waals surface area contributed by atoms with E-state index < -0.39 is 47.9 Å². The first-order valence-corrected chi connectivity index (χ1v) is 9.31. The normalized spacial score (nSPS) is 26.0. The lowest BCUT2D eigenvalue weighted by Gasteiger charge is -2.40. The van der Waals surface area contributed by atoms with Crippen LogP contribution in [0.1, 0.15) is 36.2 Å². The van der Waals surface area contributed by atoms with Crippen LogP contribution in [0.25, 0.3) is 0 Å². The molecule has 0 aromatic carbocycles. The second-order valence-electron chi connectivity index (χ2n) is 7.65. The van der Waals surface area contributed by atoms with Gasteiger partial charge in [0.05, 0.1) is 11.6 Å². The fraction of sp³-hybridized carbons (Fsp3) is 0.400. The lowest BCUT2D eigenvalue weighted by molar-refractivity contribution is -0.140. The van der Waals surface area contributed by atoms with E-state index in [-0.39, 0.29) is 30.9 Å². The van der Waals surface area contributed by atoms with Crippen LogP contribution in [0.5, 0.6) is 0 Å². The number of nitrogens with zero attached hydrogens (tertiary/aromatic N) is 3. The van der Waals surface area contributed by atoms with Crippen LogP contribution in [0.2, 0.25) is 0 Å². The molecule has 6 nitrogen and oxygen atoms in total. The van der Waals surface area contributed by atoms with E-state index in [9.17, 15) is 22.8 Å². The Balaban J connectivity index is 1.54. The minimum atomic E-state index is -3.10. The number of hydrogen-bond acceptors (Lipinski definition) is 4. The van der Waals surface area contributed by atoms with Crippen molar-refractivity contribution in [2.75, 3.05) is 11.4 Å². The van der Waals surface area contributed by atoms with Crippen LogP contribution in [-0.4, -0.2) is 40.3 Å². The molecule has 1 saturated heterocycles. The molecule has 2 aliphatic rings. The van der Waals surface area contributed by atoms with Gasteiger partial charge in [0.25, 0.3) is 11.8 Å². The first-order chi connectivity index (χ1) is 13.8. The molecule has 0 unspecified atom stereocenters. The van der Waals surface area contributed by atoms with Crippen molar-refractivity contribution >= 4 is 17.6 Å². The van der Waals surface area contributed by atoms with Gasteiger partial charge in [-0.3, -0.25) is 19.5 Å². The van der Waals surface area contributed by atoms with Crippen LogP contribution >= 0.6 is 0 Å². The zero-order chi connectivity index (χ0) is 20.6. The monoisotopic (exact) mass is 404 g/mol. The van der Waals surface area contributed by atoms with Gasteiger partial charge >= 0.3 is 0 Å². The number of anilines is 1. The second kappa shape index (κ2) is 7.13. The summed E-state index contributed by atoms with van der Waals surface area (Å²) in [6.07, 6.45) is 1.65. The van der Waals surface area contributed by atoms with Crippen molar-refractivity contribution in [3.05, 3.63) is 54.2 Å². The molecule has 0 bridgehead atoms. The van der Waals surface area contributed by atoms with Gasteiger partial charge in [-0.15, -0.1) is 0 Å². The third-order valence-corrected chi connectivity index (χ3v) is 5.51. The lowest BCUT2D eigenvalue weighted by atomic mass is 9.69. The number of carbonyl (C=O) groups is 2. The van der Waals surface area contributed by atoms with Gasteiger partial charge in [0, 0.05) is 31.6 Å². The van der Waals surface area contributed by atoms with Crippen molar-refractivity contribution < 1.29 is 22.8 Å². The number of halogens is 3. The van der Waals surface area contributed by atoms with Crippen molar-refractivity contribution in [1.82, 2.24) is 15.3 Å². The number of alkyl halides is 2. The standard InChI is InChI=1S/C20H19F3N4O2/c21-13-4-5-16(25-11-13)27-8-6-19(18(27)29)9-14(10-20(22,23)12-19)26-17(28)15-3-1-2-7-24-15/h1-5,7,11,14H,6,8-10,12H2,(H,26,28)/t14-,19+/m1/s1. The van der Waals surface area contributed by atoms with Crippen LogP contribution in [0.4, 0.5) is 19.0 Å². The summed E-state index contributed by atoms with van der Waals surface area (Å²) in [5.41, 5.74) is -1.16. The third kappa shape index (κ3) is 3.81. The zero-order valence-corrected chi connectivity index (χ0v) is 15.4. The van der Waals surface area contributed by atoms with E-state index in [1.807, 2.05) is 0 Å². The van der Waals surface area contributed by atoms with Crippen LogP contribution in [0.3, 0.4) is 0 Å². The van der Waals surface area contributed by atoms with Crippen LogP contribution < -0.4 is 10.2 Å². The molecule has 152 valence electrons. The van der Waals surface area contributed by atoms with Crippen LogP contribution in [0.15, 0.2) is 42.7 Å². The minimum Gasteiger partial charge on any atom is -0.348 e. The molecule has 4 rings (SSSR count). The number of carbonyl (C=O) groups excluding carboxylic acids is 2. The minimum absolute atomic E-state index is 0.109. The highest BCUT2D eigenvalue weighted by atomic mass is 19.3. The number of nitrogens with one attached hydrogen (secondary N) is 1. The van der Waals surface area contributed by atoms with E-state index in [1.54, 1.807) is 12.1 Å². The summed E-state index contributed by atoms with van der Waals surface area (Å²) in [6, 6.07) is 6.44. The molecule has 2 amide bonds. The topological polar surface area (TPSA) is 75.2 Å². The Morgan fingerprint density at radius 1 is 1.17 bits per heavy atom. The van der Waals surface area contributed by atoms with E-state index in [4.69, 9.17) is 0 Å². The van der Waals surface area contributed by atoms with E-state index >= 15 is 0 Å². The Hall–Kier alpha value is -2.97. The molecule has 0 radical (unpaired) electrons. The van der Waals surface area contributed by atoms with Gasteiger partial charge in [0.2, 0.25) is 5.91 Å². The van der Waals surface area contributed by atoms with Gasteiger partial charge < -0.3 is 5.32 Å². The first-order valence-electron chi connectivity index (χ1n) is 9.31. The molecule has 1 saturated carbocycles. The predicted octanol–water partition coefficient (Wildman–Crippen LogP) is 2.96. The molecule has 9 heteroatoms. The van der Waals surface area contributed by atoms with E-state index in [2.05, 4.69) is 15.3 Å². The highest BCUT2D eigenvalue weighted by Crippen LogP contribution is 2.51. The van der Waals surface area contributed by atoms with E-state index in [1.165, 1.54) is 29.3 Å². The quantitative estimate of drug-likeness (QED) is 0.854. The molecule has 2 atom stereocenters. The fourth-order valence-electron chi connectivity index (χ4n) is 4.32.